The van der Waals surface area contributed by atoms with Crippen LogP contribution in [0.15, 0.2) is 0 Å². The topological polar surface area (TPSA) is 66.8 Å². The van der Waals surface area contributed by atoms with Gasteiger partial charge in [-0.25, -0.2) is 4.79 Å². The van der Waals surface area contributed by atoms with Gasteiger partial charge in [0.25, 0.3) is 0 Å². The fourth-order valence-electron chi connectivity index (χ4n) is 1.86. The van der Waals surface area contributed by atoms with E-state index in [2.05, 4.69) is 0 Å². The Morgan fingerprint density at radius 1 is 1.50 bits per heavy atom. The maximum Gasteiger partial charge on any atom is 0.326 e. The van der Waals surface area contributed by atoms with Crippen molar-refractivity contribution >= 4 is 11.9 Å². The van der Waals surface area contributed by atoms with Gasteiger partial charge in [-0.1, -0.05) is 0 Å². The highest BCUT2D eigenvalue weighted by Crippen LogP contribution is 2.22. The quantitative estimate of drug-likeness (QED) is 0.777. The second kappa shape index (κ2) is 4.82. The molecule has 0 aromatic carbocycles. The number of carbonyl (C=O) groups is 2. The number of rotatable bonds is 4. The van der Waals surface area contributed by atoms with E-state index in [0.29, 0.717) is 13.0 Å². The minimum Gasteiger partial charge on any atom is -0.480 e. The van der Waals surface area contributed by atoms with E-state index >= 15 is 0 Å². The summed E-state index contributed by atoms with van der Waals surface area (Å²) >= 11 is 0. The molecular formula is C11H19NO4. The van der Waals surface area contributed by atoms with Crippen molar-refractivity contribution in [2.75, 3.05) is 13.7 Å². The zero-order valence-corrected chi connectivity index (χ0v) is 10.0. The molecule has 1 rings (SSSR count). The van der Waals surface area contributed by atoms with Crippen LogP contribution in [0.1, 0.15) is 33.1 Å². The Bertz CT molecular complexity index is 288. The van der Waals surface area contributed by atoms with E-state index < -0.39 is 17.6 Å². The third-order valence-corrected chi connectivity index (χ3v) is 2.99. The Hall–Kier alpha value is -1.10. The highest BCUT2D eigenvalue weighted by Gasteiger charge is 2.35. The van der Waals surface area contributed by atoms with Crippen molar-refractivity contribution in [3.63, 3.8) is 0 Å². The Balaban J connectivity index is 2.63. The van der Waals surface area contributed by atoms with Gasteiger partial charge in [-0.05, 0) is 26.7 Å². The molecule has 0 aromatic rings. The third-order valence-electron chi connectivity index (χ3n) is 2.99. The lowest BCUT2D eigenvalue weighted by Crippen LogP contribution is -2.43. The summed E-state index contributed by atoms with van der Waals surface area (Å²) in [6.07, 6.45) is 1.53. The van der Waals surface area contributed by atoms with Crippen molar-refractivity contribution in [1.29, 1.82) is 0 Å². The Morgan fingerprint density at radius 2 is 2.12 bits per heavy atom. The van der Waals surface area contributed by atoms with Gasteiger partial charge in [-0.3, -0.25) is 4.79 Å². The van der Waals surface area contributed by atoms with Crippen molar-refractivity contribution in [1.82, 2.24) is 4.90 Å². The van der Waals surface area contributed by atoms with Crippen LogP contribution in [0.3, 0.4) is 0 Å². The molecule has 1 saturated heterocycles. The zero-order chi connectivity index (χ0) is 12.3. The van der Waals surface area contributed by atoms with E-state index in [0.717, 1.165) is 6.42 Å². The molecule has 16 heavy (non-hydrogen) atoms. The van der Waals surface area contributed by atoms with Gasteiger partial charge in [-0.15, -0.1) is 0 Å². The molecule has 92 valence electrons. The normalized spacial score (nSPS) is 21.2. The predicted octanol–water partition coefficient (Wildman–Crippen LogP) is 0.877. The van der Waals surface area contributed by atoms with E-state index in [1.165, 1.54) is 4.90 Å². The largest absolute Gasteiger partial charge is 0.480 e. The molecule has 0 spiro atoms. The van der Waals surface area contributed by atoms with Crippen LogP contribution < -0.4 is 0 Å². The zero-order valence-electron chi connectivity index (χ0n) is 10.0. The van der Waals surface area contributed by atoms with Crippen LogP contribution in [0.2, 0.25) is 0 Å². The minimum absolute atomic E-state index is 0.142. The first-order valence-electron chi connectivity index (χ1n) is 5.45. The lowest BCUT2D eigenvalue weighted by Gasteiger charge is -2.27. The smallest absolute Gasteiger partial charge is 0.326 e. The second-order valence-electron chi connectivity index (χ2n) is 4.72. The summed E-state index contributed by atoms with van der Waals surface area (Å²) in [5, 5.41) is 8.96. The van der Waals surface area contributed by atoms with Crippen LogP contribution >= 0.6 is 0 Å². The van der Waals surface area contributed by atoms with Crippen LogP contribution in [-0.4, -0.2) is 47.2 Å². The van der Waals surface area contributed by atoms with E-state index in [9.17, 15) is 9.59 Å². The number of amides is 1. The summed E-state index contributed by atoms with van der Waals surface area (Å²) < 4.78 is 5.17. The average molecular weight is 229 g/mol. The van der Waals surface area contributed by atoms with Gasteiger partial charge < -0.3 is 14.7 Å². The van der Waals surface area contributed by atoms with Crippen molar-refractivity contribution in [2.24, 2.45) is 0 Å². The monoisotopic (exact) mass is 229 g/mol. The number of methoxy groups -OCH3 is 1. The van der Waals surface area contributed by atoms with Crippen LogP contribution in [0, 0.1) is 0 Å². The number of hydrogen-bond donors (Lipinski definition) is 1. The SMILES string of the molecule is COC(C)(C)CC(=O)N1CCCC1C(=O)O. The molecule has 1 fully saturated rings. The third kappa shape index (κ3) is 2.95. The number of carboxylic acids is 1. The summed E-state index contributed by atoms with van der Waals surface area (Å²) in [5.41, 5.74) is -0.539. The standard InChI is InChI=1S/C11H19NO4/c1-11(2,16-3)7-9(13)12-6-4-5-8(12)10(14)15/h8H,4-7H2,1-3H3,(H,14,15). The second-order valence-corrected chi connectivity index (χ2v) is 4.72. The van der Waals surface area contributed by atoms with Crippen LogP contribution in [0.4, 0.5) is 0 Å². The summed E-state index contributed by atoms with van der Waals surface area (Å²) in [7, 11) is 1.55. The lowest BCUT2D eigenvalue weighted by molar-refractivity contribution is -0.150. The number of aliphatic carboxylic acids is 1. The van der Waals surface area contributed by atoms with Crippen LogP contribution in [0.5, 0.6) is 0 Å². The summed E-state index contributed by atoms with van der Waals surface area (Å²) in [4.78, 5) is 24.3. The van der Waals surface area contributed by atoms with Crippen molar-refractivity contribution < 1.29 is 19.4 Å². The molecule has 1 atom stereocenters. The molecular weight excluding hydrogens is 210 g/mol. The molecule has 5 heteroatoms. The molecule has 0 aromatic heterocycles. The highest BCUT2D eigenvalue weighted by atomic mass is 16.5. The first-order chi connectivity index (χ1) is 7.37. The number of likely N-dealkylation sites (tertiary alicyclic amines) is 1. The van der Waals surface area contributed by atoms with Crippen LogP contribution in [0.25, 0.3) is 0 Å². The highest BCUT2D eigenvalue weighted by molar-refractivity contribution is 5.84. The van der Waals surface area contributed by atoms with Gasteiger partial charge in [0.1, 0.15) is 6.04 Å². The van der Waals surface area contributed by atoms with Gasteiger partial charge in [0, 0.05) is 13.7 Å². The molecule has 0 radical (unpaired) electrons. The number of carbonyl (C=O) groups excluding carboxylic acids is 1. The summed E-state index contributed by atoms with van der Waals surface area (Å²) in [6.45, 7) is 4.17. The molecule has 1 N–H and O–H groups in total. The molecule has 1 amide bonds. The molecule has 1 heterocycles. The molecule has 0 aliphatic carbocycles. The first-order valence-corrected chi connectivity index (χ1v) is 5.45. The fourth-order valence-corrected chi connectivity index (χ4v) is 1.86. The van der Waals surface area contributed by atoms with Gasteiger partial charge in [0.15, 0.2) is 0 Å². The Morgan fingerprint density at radius 3 is 2.62 bits per heavy atom. The summed E-state index contributed by atoms with van der Waals surface area (Å²) in [5.74, 6) is -1.06. The fraction of sp³-hybridized carbons (Fsp3) is 0.818. The number of ether oxygens (including phenoxy) is 1. The van der Waals surface area contributed by atoms with E-state index in [-0.39, 0.29) is 12.3 Å². The average Bonchev–Trinajstić information content (AvgIpc) is 2.65. The molecule has 0 bridgehead atoms. The predicted molar refractivity (Wildman–Crippen MR) is 58.1 cm³/mol. The van der Waals surface area contributed by atoms with Crippen molar-refractivity contribution in [2.45, 2.75) is 44.8 Å². The number of carboxylic acid groups (broad SMARTS) is 1. The van der Waals surface area contributed by atoms with Gasteiger partial charge in [0.05, 0.1) is 12.0 Å². The molecule has 1 aliphatic rings. The van der Waals surface area contributed by atoms with Gasteiger partial charge in [0.2, 0.25) is 5.91 Å². The first kappa shape index (κ1) is 13.0. The van der Waals surface area contributed by atoms with Crippen LogP contribution in [-0.2, 0) is 14.3 Å². The Kier molecular flexibility index (Phi) is 3.91. The van der Waals surface area contributed by atoms with E-state index in [1.807, 2.05) is 13.8 Å². The number of nitrogens with zero attached hydrogens (tertiary/aromatic N) is 1. The maximum atomic E-state index is 11.9. The van der Waals surface area contributed by atoms with E-state index in [1.54, 1.807) is 7.11 Å². The minimum atomic E-state index is -0.916. The molecule has 0 saturated carbocycles. The molecule has 5 nitrogen and oxygen atoms in total. The van der Waals surface area contributed by atoms with Crippen molar-refractivity contribution in [3.8, 4) is 0 Å². The number of hydrogen-bond acceptors (Lipinski definition) is 3. The van der Waals surface area contributed by atoms with Gasteiger partial charge >= 0.3 is 5.97 Å². The molecule has 1 unspecified atom stereocenters. The Labute approximate surface area is 95.4 Å². The summed E-state index contributed by atoms with van der Waals surface area (Å²) in [6, 6.07) is -0.653. The van der Waals surface area contributed by atoms with Gasteiger partial charge in [-0.2, -0.15) is 0 Å². The lowest BCUT2D eigenvalue weighted by atomic mass is 10.0. The molecule has 1 aliphatic heterocycles. The van der Waals surface area contributed by atoms with E-state index in [4.69, 9.17) is 9.84 Å². The maximum absolute atomic E-state index is 11.9. The van der Waals surface area contributed by atoms with Crippen molar-refractivity contribution in [3.05, 3.63) is 0 Å².